The van der Waals surface area contributed by atoms with Crippen molar-refractivity contribution < 1.29 is 29.2 Å². The van der Waals surface area contributed by atoms with Gasteiger partial charge in [-0.2, -0.15) is 0 Å². The molecule has 6 atom stereocenters. The van der Waals surface area contributed by atoms with Gasteiger partial charge in [0.2, 0.25) is 17.7 Å². The van der Waals surface area contributed by atoms with E-state index in [0.717, 1.165) is 4.91 Å². The van der Waals surface area contributed by atoms with Gasteiger partial charge in [-0.05, 0) is 32.5 Å². The average molecular weight is 519 g/mol. The van der Waals surface area contributed by atoms with Crippen LogP contribution < -0.4 is 0 Å². The fourth-order valence-electron chi connectivity index (χ4n) is 5.19. The molecule has 0 radical (unpaired) electrons. The number of aliphatic hydroxyl groups excluding tert-OH is 1. The number of hydrogen-bond donors (Lipinski definition) is 1. The zero-order valence-corrected chi connectivity index (χ0v) is 21.6. The molecular weight excluding hydrogens is 488 g/mol. The number of nitrogens with zero attached hydrogens (tertiary/aromatic N) is 4. The quantitative estimate of drug-likeness (QED) is 0.248. The second kappa shape index (κ2) is 9.83. The number of likely N-dealkylation sites (tertiary alicyclic amines) is 1. The number of nitro groups is 1. The molecule has 36 heavy (non-hydrogen) atoms. The highest BCUT2D eigenvalue weighted by atomic mass is 32.2. The van der Waals surface area contributed by atoms with Crippen molar-refractivity contribution in [3.8, 4) is 0 Å². The van der Waals surface area contributed by atoms with Crippen LogP contribution in [0.5, 0.6) is 0 Å². The van der Waals surface area contributed by atoms with Crippen molar-refractivity contribution in [2.75, 3.05) is 27.7 Å². The fraction of sp³-hybridized carbons (Fsp3) is 0.542. The summed E-state index contributed by atoms with van der Waals surface area (Å²) in [5, 5.41) is 21.2. The summed E-state index contributed by atoms with van der Waals surface area (Å²) in [7, 11) is 5.34. The predicted octanol–water partition coefficient (Wildman–Crippen LogP) is 1.67. The number of β-lactam (4-membered cyclic amide) rings is 1. The van der Waals surface area contributed by atoms with Crippen LogP contribution in [0.4, 0.5) is 5.69 Å². The molecule has 0 saturated carbocycles. The summed E-state index contributed by atoms with van der Waals surface area (Å²) in [6, 6.07) is 4.46. The summed E-state index contributed by atoms with van der Waals surface area (Å²) in [6.07, 6.45) is -0.243. The number of carbonyl (C=O) groups excluding carboxylic acids is 3. The van der Waals surface area contributed by atoms with Gasteiger partial charge in [0.05, 0.1) is 39.5 Å². The number of likely N-dealkylation sites (N-methyl/N-ethyl adjacent to an activating group) is 2. The minimum Gasteiger partial charge on any atom is -0.405 e. The molecule has 1 aromatic carbocycles. The molecule has 2 saturated heterocycles. The number of nitro benzene ring substituents is 1. The molecule has 3 aliphatic rings. The van der Waals surface area contributed by atoms with Crippen LogP contribution in [0.1, 0.15) is 30.6 Å². The Morgan fingerprint density at radius 3 is 2.47 bits per heavy atom. The van der Waals surface area contributed by atoms with E-state index < -0.39 is 22.9 Å². The number of carbonyl (C=O) groups is 3. The van der Waals surface area contributed by atoms with Crippen molar-refractivity contribution in [1.29, 1.82) is 0 Å². The van der Waals surface area contributed by atoms with E-state index >= 15 is 0 Å². The summed E-state index contributed by atoms with van der Waals surface area (Å²) in [4.78, 5) is 54.6. The summed E-state index contributed by atoms with van der Waals surface area (Å²) < 4.78 is 5.75. The second-order valence-corrected chi connectivity index (χ2v) is 11.1. The molecule has 0 spiro atoms. The predicted molar refractivity (Wildman–Crippen MR) is 132 cm³/mol. The van der Waals surface area contributed by atoms with Crippen molar-refractivity contribution in [2.45, 2.75) is 43.7 Å². The Morgan fingerprint density at radius 1 is 1.28 bits per heavy atom. The molecule has 11 nitrogen and oxygen atoms in total. The number of thioether (sulfide) groups is 1. The Kier molecular flexibility index (Phi) is 7.13. The Morgan fingerprint density at radius 2 is 1.92 bits per heavy atom. The lowest BCUT2D eigenvalue weighted by atomic mass is 9.79. The smallest absolute Gasteiger partial charge is 0.344 e. The molecule has 3 aliphatic heterocycles. The number of aliphatic hydroxyl groups is 1. The minimum absolute atomic E-state index is 0.0204. The van der Waals surface area contributed by atoms with Crippen LogP contribution in [0.25, 0.3) is 0 Å². The van der Waals surface area contributed by atoms with Gasteiger partial charge in [-0.25, -0.2) is 4.79 Å². The molecule has 1 aromatic rings. The number of hydrogen-bond acceptors (Lipinski definition) is 9. The van der Waals surface area contributed by atoms with E-state index in [4.69, 9.17) is 4.74 Å². The van der Waals surface area contributed by atoms with Crippen LogP contribution in [-0.2, 0) is 14.3 Å². The van der Waals surface area contributed by atoms with Gasteiger partial charge in [0.25, 0.3) is 5.69 Å². The van der Waals surface area contributed by atoms with Gasteiger partial charge >= 0.3 is 5.97 Å². The van der Waals surface area contributed by atoms with Crippen molar-refractivity contribution in [3.63, 3.8) is 0 Å². The molecule has 2 fully saturated rings. The number of non-ortho nitro benzene ring substituents is 1. The van der Waals surface area contributed by atoms with E-state index in [9.17, 15) is 29.6 Å². The Balaban J connectivity index is 1.60. The van der Waals surface area contributed by atoms with Crippen LogP contribution in [-0.4, -0.2) is 93.6 Å². The van der Waals surface area contributed by atoms with E-state index in [2.05, 4.69) is 0 Å². The number of ether oxygens (including phenoxy) is 1. The zero-order valence-electron chi connectivity index (χ0n) is 20.8. The summed E-state index contributed by atoms with van der Waals surface area (Å²) in [6.45, 7) is 4.16. The fourth-order valence-corrected chi connectivity index (χ4v) is 6.73. The first kappa shape index (κ1) is 26.1. The Labute approximate surface area is 213 Å². The third-order valence-corrected chi connectivity index (χ3v) is 8.57. The highest BCUT2D eigenvalue weighted by Gasteiger charge is 2.60. The number of esters is 1. The molecular formula is C24H30N4O7S. The molecule has 1 N–H and O–H groups in total. The Bertz CT molecular complexity index is 1120. The van der Waals surface area contributed by atoms with Crippen molar-refractivity contribution >= 4 is 35.2 Å². The number of amides is 2. The molecule has 3 heterocycles. The standard InChI is InChI=1S/C24H30N4O7S/c1-12-19-18(13(2)29)22(31)27(19)23(35-24(32)14-6-8-15(9-7-14)28(33)34)20(12)36-16-10-17(26(5)11-16)21(30)25(3)4/h6-9,12-13,16-19,29H,10-11H2,1-5H3/t12-,13-,16+,17+,18-,19-/m1/s1. The highest BCUT2D eigenvalue weighted by molar-refractivity contribution is 8.03. The summed E-state index contributed by atoms with van der Waals surface area (Å²) in [5.74, 6) is -1.65. The number of rotatable bonds is 7. The second-order valence-electron chi connectivity index (χ2n) is 9.78. The molecule has 4 rings (SSSR count). The van der Waals surface area contributed by atoms with E-state index in [0.29, 0.717) is 13.0 Å². The van der Waals surface area contributed by atoms with Crippen LogP contribution in [0.15, 0.2) is 35.1 Å². The van der Waals surface area contributed by atoms with Gasteiger partial charge in [-0.15, -0.1) is 11.8 Å². The van der Waals surface area contributed by atoms with Gasteiger partial charge in [-0.3, -0.25) is 29.5 Å². The molecule has 0 unspecified atom stereocenters. The molecule has 194 valence electrons. The largest absolute Gasteiger partial charge is 0.405 e. The zero-order chi connectivity index (χ0) is 26.5. The highest BCUT2D eigenvalue weighted by Crippen LogP contribution is 2.52. The first-order valence-electron chi connectivity index (χ1n) is 11.7. The van der Waals surface area contributed by atoms with Crippen molar-refractivity contribution in [3.05, 3.63) is 50.7 Å². The van der Waals surface area contributed by atoms with Gasteiger partial charge in [0, 0.05) is 43.9 Å². The molecule has 12 heteroatoms. The molecule has 0 aromatic heterocycles. The third kappa shape index (κ3) is 4.48. The lowest BCUT2D eigenvalue weighted by Crippen LogP contribution is -2.63. The van der Waals surface area contributed by atoms with Crippen molar-refractivity contribution in [2.24, 2.45) is 11.8 Å². The van der Waals surface area contributed by atoms with Crippen LogP contribution in [0, 0.1) is 22.0 Å². The average Bonchev–Trinajstić information content (AvgIpc) is 3.28. The SMILES string of the molecule is C[C@@H](O)[C@H]1C(=O)N2C(OC(=O)c3ccc([N+](=O)[O-])cc3)=C(S[C@H]3C[C@@H](C(=O)N(C)C)N(C)C3)[C@H](C)[C@H]12. The van der Waals surface area contributed by atoms with Gasteiger partial charge in [0.15, 0.2) is 0 Å². The lowest BCUT2D eigenvalue weighted by Gasteiger charge is -2.46. The first-order chi connectivity index (χ1) is 16.9. The van der Waals surface area contributed by atoms with Crippen LogP contribution in [0.3, 0.4) is 0 Å². The third-order valence-electron chi connectivity index (χ3n) is 7.10. The minimum atomic E-state index is -0.850. The lowest BCUT2D eigenvalue weighted by molar-refractivity contribution is -0.384. The Hall–Kier alpha value is -2.96. The van der Waals surface area contributed by atoms with Gasteiger partial charge < -0.3 is 14.7 Å². The number of benzene rings is 1. The maximum atomic E-state index is 13.0. The maximum absolute atomic E-state index is 13.0. The monoisotopic (exact) mass is 518 g/mol. The normalized spacial score (nSPS) is 28.6. The topological polar surface area (TPSA) is 134 Å². The van der Waals surface area contributed by atoms with Crippen LogP contribution >= 0.6 is 11.8 Å². The number of fused-ring (bicyclic) bond motifs is 1. The first-order valence-corrected chi connectivity index (χ1v) is 12.6. The maximum Gasteiger partial charge on any atom is 0.344 e. The molecule has 2 amide bonds. The van der Waals surface area contributed by atoms with Crippen molar-refractivity contribution in [1.82, 2.24) is 14.7 Å². The molecule has 0 bridgehead atoms. The van der Waals surface area contributed by atoms with E-state index in [1.54, 1.807) is 25.9 Å². The summed E-state index contributed by atoms with van der Waals surface area (Å²) in [5.41, 5.74) is -0.0349. The van der Waals surface area contributed by atoms with E-state index in [1.165, 1.54) is 40.9 Å². The molecule has 0 aliphatic carbocycles. The van der Waals surface area contributed by atoms with E-state index in [-0.39, 0.29) is 52.2 Å². The summed E-state index contributed by atoms with van der Waals surface area (Å²) >= 11 is 1.50. The van der Waals surface area contributed by atoms with Gasteiger partial charge in [0.1, 0.15) is 0 Å². The van der Waals surface area contributed by atoms with Gasteiger partial charge in [-0.1, -0.05) is 6.92 Å². The van der Waals surface area contributed by atoms with Crippen LogP contribution in [0.2, 0.25) is 0 Å². The van der Waals surface area contributed by atoms with E-state index in [1.807, 2.05) is 18.9 Å².